The second kappa shape index (κ2) is 10.3. The van der Waals surface area contributed by atoms with Crippen molar-refractivity contribution in [1.29, 1.82) is 0 Å². The molecule has 0 spiro atoms. The summed E-state index contributed by atoms with van der Waals surface area (Å²) in [5.74, 6) is 2.04. The summed E-state index contributed by atoms with van der Waals surface area (Å²) in [5, 5.41) is 3.31. The van der Waals surface area contributed by atoms with Gasteiger partial charge in [-0.25, -0.2) is 4.98 Å². The molecular weight excluding hydrogens is 440 g/mol. The lowest BCUT2D eigenvalue weighted by atomic mass is 9.90. The molecule has 8 nitrogen and oxygen atoms in total. The number of fused-ring (bicyclic) bond motifs is 1. The number of anilines is 4. The average molecular weight is 477 g/mol. The van der Waals surface area contributed by atoms with Gasteiger partial charge >= 0.3 is 0 Å². The van der Waals surface area contributed by atoms with Gasteiger partial charge in [-0.3, -0.25) is 9.59 Å². The SMILES string of the molecule is CN1CCC(CC(=O)c2cccc(Nc3ncc4c(n3)N(C3CCCC3)CCC(=O)N4C)c2)CC1. The largest absolute Gasteiger partial charge is 0.351 e. The first-order valence-corrected chi connectivity index (χ1v) is 13.0. The van der Waals surface area contributed by atoms with Crippen LogP contribution in [0, 0.1) is 5.92 Å². The second-order valence-corrected chi connectivity index (χ2v) is 10.3. The van der Waals surface area contributed by atoms with Crippen LogP contribution in [-0.2, 0) is 4.79 Å². The van der Waals surface area contributed by atoms with E-state index in [0.29, 0.717) is 37.3 Å². The number of carbonyl (C=O) groups is 2. The van der Waals surface area contributed by atoms with E-state index < -0.39 is 0 Å². The van der Waals surface area contributed by atoms with Crippen LogP contribution in [0.3, 0.4) is 0 Å². The first-order chi connectivity index (χ1) is 17.0. The van der Waals surface area contributed by atoms with Gasteiger partial charge in [0.05, 0.1) is 6.20 Å². The maximum absolute atomic E-state index is 13.0. The van der Waals surface area contributed by atoms with Crippen LogP contribution in [0.1, 0.15) is 61.7 Å². The van der Waals surface area contributed by atoms with E-state index in [-0.39, 0.29) is 11.7 Å². The Labute approximate surface area is 207 Å². The van der Waals surface area contributed by atoms with Gasteiger partial charge < -0.3 is 20.0 Å². The zero-order valence-corrected chi connectivity index (χ0v) is 20.9. The molecule has 0 atom stereocenters. The lowest BCUT2D eigenvalue weighted by molar-refractivity contribution is -0.118. The molecule has 2 fully saturated rings. The summed E-state index contributed by atoms with van der Waals surface area (Å²) in [4.78, 5) is 41.2. The van der Waals surface area contributed by atoms with Crippen LogP contribution in [0.5, 0.6) is 0 Å². The van der Waals surface area contributed by atoms with Gasteiger partial charge in [-0.2, -0.15) is 4.98 Å². The van der Waals surface area contributed by atoms with E-state index in [0.717, 1.165) is 61.5 Å². The Morgan fingerprint density at radius 3 is 2.63 bits per heavy atom. The monoisotopic (exact) mass is 476 g/mol. The van der Waals surface area contributed by atoms with Gasteiger partial charge in [0.25, 0.3) is 0 Å². The molecule has 1 aliphatic carbocycles. The predicted molar refractivity (Wildman–Crippen MR) is 139 cm³/mol. The fourth-order valence-corrected chi connectivity index (χ4v) is 5.62. The third kappa shape index (κ3) is 5.32. The highest BCUT2D eigenvalue weighted by Crippen LogP contribution is 2.36. The maximum atomic E-state index is 13.0. The molecule has 3 aliphatic rings. The van der Waals surface area contributed by atoms with Crippen LogP contribution in [0.25, 0.3) is 0 Å². The molecule has 0 radical (unpaired) electrons. The molecule has 1 saturated heterocycles. The number of aromatic nitrogens is 2. The average Bonchev–Trinajstić information content (AvgIpc) is 3.36. The predicted octanol–water partition coefficient (Wildman–Crippen LogP) is 4.25. The summed E-state index contributed by atoms with van der Waals surface area (Å²) in [6, 6.07) is 8.05. The number of nitrogens with one attached hydrogen (secondary N) is 1. The molecule has 8 heteroatoms. The van der Waals surface area contributed by atoms with E-state index in [1.807, 2.05) is 24.3 Å². The second-order valence-electron chi connectivity index (χ2n) is 10.3. The summed E-state index contributed by atoms with van der Waals surface area (Å²) in [6.07, 6.45) is 9.68. The van der Waals surface area contributed by atoms with Gasteiger partial charge in [0.15, 0.2) is 11.6 Å². The van der Waals surface area contributed by atoms with E-state index in [4.69, 9.17) is 4.98 Å². The number of hydrogen-bond acceptors (Lipinski definition) is 7. The highest BCUT2D eigenvalue weighted by Gasteiger charge is 2.31. The van der Waals surface area contributed by atoms with Crippen molar-refractivity contribution in [2.24, 2.45) is 5.92 Å². The highest BCUT2D eigenvalue weighted by atomic mass is 16.2. The first-order valence-electron chi connectivity index (χ1n) is 13.0. The lowest BCUT2D eigenvalue weighted by Crippen LogP contribution is -2.34. The number of Topliss-reactive ketones (excluding diaryl/α,β-unsaturated/α-hetero) is 1. The number of amides is 1. The summed E-state index contributed by atoms with van der Waals surface area (Å²) in [7, 11) is 3.94. The van der Waals surface area contributed by atoms with Crippen molar-refractivity contribution in [1.82, 2.24) is 14.9 Å². The fraction of sp³-hybridized carbons (Fsp3) is 0.556. The Balaban J connectivity index is 1.34. The zero-order chi connectivity index (χ0) is 24.4. The Hall–Kier alpha value is -3.00. The molecule has 0 unspecified atom stereocenters. The number of carbonyl (C=O) groups excluding carboxylic acids is 2. The van der Waals surface area contributed by atoms with Gasteiger partial charge in [0, 0.05) is 43.7 Å². The Morgan fingerprint density at radius 2 is 1.86 bits per heavy atom. The van der Waals surface area contributed by atoms with Crippen molar-refractivity contribution >= 4 is 34.8 Å². The van der Waals surface area contributed by atoms with Crippen LogP contribution in [0.15, 0.2) is 30.5 Å². The van der Waals surface area contributed by atoms with Crippen molar-refractivity contribution in [2.45, 2.75) is 57.4 Å². The van der Waals surface area contributed by atoms with Gasteiger partial charge in [-0.15, -0.1) is 0 Å². The van der Waals surface area contributed by atoms with E-state index in [1.165, 1.54) is 12.8 Å². The van der Waals surface area contributed by atoms with Crippen LogP contribution >= 0.6 is 0 Å². The summed E-state index contributed by atoms with van der Waals surface area (Å²) >= 11 is 0. The number of benzene rings is 1. The van der Waals surface area contributed by atoms with Crippen molar-refractivity contribution in [3.05, 3.63) is 36.0 Å². The molecule has 1 aromatic carbocycles. The topological polar surface area (TPSA) is 81.7 Å². The molecule has 186 valence electrons. The standard InChI is InChI=1S/C27H36N6O2/c1-31-13-10-19(11-14-31)16-24(34)20-6-5-7-21(17-20)29-27-28-18-23-26(30-27)33(22-8-3-4-9-22)15-12-25(35)32(23)2/h5-7,17-19,22H,3-4,8-16H2,1-2H3,(H,28,29,30). The van der Waals surface area contributed by atoms with Crippen LogP contribution in [-0.4, -0.2) is 66.3 Å². The fourth-order valence-electron chi connectivity index (χ4n) is 5.62. The molecule has 3 heterocycles. The van der Waals surface area contributed by atoms with Crippen LogP contribution < -0.4 is 15.1 Å². The number of ketones is 1. The summed E-state index contributed by atoms with van der Waals surface area (Å²) < 4.78 is 0. The highest BCUT2D eigenvalue weighted by molar-refractivity contribution is 5.98. The van der Waals surface area contributed by atoms with E-state index >= 15 is 0 Å². The van der Waals surface area contributed by atoms with Gasteiger partial charge in [0.1, 0.15) is 5.69 Å². The van der Waals surface area contributed by atoms with Crippen LogP contribution in [0.2, 0.25) is 0 Å². The molecule has 2 aliphatic heterocycles. The molecule has 1 aromatic heterocycles. The third-order valence-electron chi connectivity index (χ3n) is 7.84. The molecule has 1 N–H and O–H groups in total. The third-order valence-corrected chi connectivity index (χ3v) is 7.84. The smallest absolute Gasteiger partial charge is 0.229 e. The lowest BCUT2D eigenvalue weighted by Gasteiger charge is -2.30. The number of nitrogens with zero attached hydrogens (tertiary/aromatic N) is 5. The molecule has 1 amide bonds. The van der Waals surface area contributed by atoms with Gasteiger partial charge in [-0.05, 0) is 63.9 Å². The van der Waals surface area contributed by atoms with Crippen molar-refractivity contribution in [3.63, 3.8) is 0 Å². The Kier molecular flexibility index (Phi) is 7.00. The molecule has 35 heavy (non-hydrogen) atoms. The maximum Gasteiger partial charge on any atom is 0.229 e. The van der Waals surface area contributed by atoms with E-state index in [2.05, 4.69) is 27.1 Å². The van der Waals surface area contributed by atoms with Crippen molar-refractivity contribution in [2.75, 3.05) is 48.8 Å². The summed E-state index contributed by atoms with van der Waals surface area (Å²) in [5.41, 5.74) is 2.28. The number of piperidine rings is 1. The van der Waals surface area contributed by atoms with Gasteiger partial charge in [0.2, 0.25) is 11.9 Å². The van der Waals surface area contributed by atoms with Crippen molar-refractivity contribution in [3.8, 4) is 0 Å². The molecule has 1 saturated carbocycles. The van der Waals surface area contributed by atoms with E-state index in [1.54, 1.807) is 18.1 Å². The minimum absolute atomic E-state index is 0.0897. The van der Waals surface area contributed by atoms with Crippen molar-refractivity contribution < 1.29 is 9.59 Å². The minimum Gasteiger partial charge on any atom is -0.351 e. The number of hydrogen-bond donors (Lipinski definition) is 1. The van der Waals surface area contributed by atoms with E-state index in [9.17, 15) is 9.59 Å². The molecule has 0 bridgehead atoms. The quantitative estimate of drug-likeness (QED) is 0.624. The summed E-state index contributed by atoms with van der Waals surface area (Å²) in [6.45, 7) is 2.81. The zero-order valence-electron chi connectivity index (χ0n) is 20.9. The Bertz CT molecular complexity index is 1080. The normalized spacial score (nSPS) is 20.1. The van der Waals surface area contributed by atoms with Gasteiger partial charge in [-0.1, -0.05) is 25.0 Å². The number of rotatable bonds is 6. The molecule has 5 rings (SSSR count). The minimum atomic E-state index is 0.0897. The van der Waals surface area contributed by atoms with Crippen LogP contribution in [0.4, 0.5) is 23.1 Å². The first kappa shape index (κ1) is 23.7. The Morgan fingerprint density at radius 1 is 1.09 bits per heavy atom. The molecular formula is C27H36N6O2. The molecule has 2 aromatic rings. The number of likely N-dealkylation sites (tertiary alicyclic amines) is 1.